The molecule has 0 spiro atoms. The van der Waals surface area contributed by atoms with Crippen molar-refractivity contribution < 1.29 is 23.3 Å². The van der Waals surface area contributed by atoms with Crippen LogP contribution in [-0.4, -0.2) is 38.9 Å². The van der Waals surface area contributed by atoms with Gasteiger partial charge in [-0.1, -0.05) is 24.3 Å². The maximum Gasteiger partial charge on any atom is 0.213 e. The number of hydrogen-bond donors (Lipinski definition) is 0. The summed E-state index contributed by atoms with van der Waals surface area (Å²) in [6, 6.07) is 15.8. The standard InChI is InChI=1S/C23H20F2N4O3/c24-19-5-1-17(2-6-19)13-21-9-11-26-28(21)31-15-23(30)16-32-29-22(10-12-27-29)14-18-3-7-20(25)8-4-18/h1-12H,13-16H2. The van der Waals surface area contributed by atoms with Gasteiger partial charge in [0, 0.05) is 12.8 Å². The van der Waals surface area contributed by atoms with Gasteiger partial charge < -0.3 is 9.68 Å². The number of aromatic nitrogens is 4. The Labute approximate surface area is 182 Å². The highest BCUT2D eigenvalue weighted by molar-refractivity contribution is 5.80. The third kappa shape index (κ3) is 5.57. The van der Waals surface area contributed by atoms with E-state index >= 15 is 0 Å². The summed E-state index contributed by atoms with van der Waals surface area (Å²) in [7, 11) is 0. The number of nitrogens with zero attached hydrogens (tertiary/aromatic N) is 4. The number of benzene rings is 2. The van der Waals surface area contributed by atoms with E-state index in [0.717, 1.165) is 22.5 Å². The molecule has 0 aliphatic carbocycles. The minimum absolute atomic E-state index is 0.243. The van der Waals surface area contributed by atoms with Crippen molar-refractivity contribution in [1.82, 2.24) is 19.9 Å². The summed E-state index contributed by atoms with van der Waals surface area (Å²) in [6.07, 6.45) is 4.08. The molecule has 0 aliphatic heterocycles. The lowest BCUT2D eigenvalue weighted by Crippen LogP contribution is -2.29. The van der Waals surface area contributed by atoms with Gasteiger partial charge in [0.2, 0.25) is 5.78 Å². The molecule has 0 saturated heterocycles. The van der Waals surface area contributed by atoms with Crippen molar-refractivity contribution in [1.29, 1.82) is 0 Å². The van der Waals surface area contributed by atoms with Crippen LogP contribution in [0.2, 0.25) is 0 Å². The predicted octanol–water partition coefficient (Wildman–Crippen LogP) is 2.67. The molecule has 7 nitrogen and oxygen atoms in total. The molecule has 2 aromatic carbocycles. The molecule has 0 saturated carbocycles. The summed E-state index contributed by atoms with van der Waals surface area (Å²) in [5, 5.41) is 8.12. The number of carbonyl (C=O) groups excluding carboxylic acids is 1. The largest absolute Gasteiger partial charge is 0.388 e. The van der Waals surface area contributed by atoms with Crippen LogP contribution in [0.4, 0.5) is 8.78 Å². The molecule has 2 heterocycles. The van der Waals surface area contributed by atoms with E-state index in [1.165, 1.54) is 34.0 Å². The molecule has 0 unspecified atom stereocenters. The fourth-order valence-corrected chi connectivity index (χ4v) is 3.05. The van der Waals surface area contributed by atoms with Crippen LogP contribution in [-0.2, 0) is 17.6 Å². The van der Waals surface area contributed by atoms with Crippen LogP contribution in [0.1, 0.15) is 22.5 Å². The van der Waals surface area contributed by atoms with Crippen LogP contribution in [0.15, 0.2) is 73.1 Å². The molecular formula is C23H20F2N4O3. The van der Waals surface area contributed by atoms with Crippen molar-refractivity contribution in [2.45, 2.75) is 12.8 Å². The lowest BCUT2D eigenvalue weighted by atomic mass is 10.1. The van der Waals surface area contributed by atoms with Crippen LogP contribution in [0.25, 0.3) is 0 Å². The summed E-state index contributed by atoms with van der Waals surface area (Å²) in [6.45, 7) is -0.487. The summed E-state index contributed by atoms with van der Waals surface area (Å²) >= 11 is 0. The Morgan fingerprint density at radius 1 is 0.688 bits per heavy atom. The molecule has 0 atom stereocenters. The molecule has 9 heteroatoms. The zero-order chi connectivity index (χ0) is 22.3. The summed E-state index contributed by atoms with van der Waals surface area (Å²) in [5.74, 6) is -0.916. The van der Waals surface area contributed by atoms with E-state index < -0.39 is 0 Å². The average molecular weight is 438 g/mol. The first-order valence-corrected chi connectivity index (χ1v) is 9.90. The van der Waals surface area contributed by atoms with Gasteiger partial charge in [-0.15, -0.1) is 19.9 Å². The summed E-state index contributed by atoms with van der Waals surface area (Å²) < 4.78 is 26.1. The zero-order valence-electron chi connectivity index (χ0n) is 17.0. The maximum absolute atomic E-state index is 13.1. The second-order valence-electron chi connectivity index (χ2n) is 7.08. The normalized spacial score (nSPS) is 10.8. The lowest BCUT2D eigenvalue weighted by molar-refractivity contribution is -0.129. The smallest absolute Gasteiger partial charge is 0.213 e. The molecule has 4 rings (SSSR count). The van der Waals surface area contributed by atoms with Gasteiger partial charge in [-0.2, -0.15) is 0 Å². The van der Waals surface area contributed by atoms with Crippen LogP contribution < -0.4 is 9.68 Å². The van der Waals surface area contributed by atoms with Gasteiger partial charge in [-0.05, 0) is 47.5 Å². The lowest BCUT2D eigenvalue weighted by Gasteiger charge is -2.11. The van der Waals surface area contributed by atoms with Crippen molar-refractivity contribution in [3.63, 3.8) is 0 Å². The SMILES string of the molecule is O=C(COn1nccc1Cc1ccc(F)cc1)COn1nccc1Cc1ccc(F)cc1. The highest BCUT2D eigenvalue weighted by atomic mass is 19.1. The molecule has 0 amide bonds. The molecule has 0 bridgehead atoms. The Morgan fingerprint density at radius 2 is 1.09 bits per heavy atom. The fourth-order valence-electron chi connectivity index (χ4n) is 3.05. The van der Waals surface area contributed by atoms with Crippen LogP contribution >= 0.6 is 0 Å². The molecule has 2 aromatic heterocycles. The fraction of sp³-hybridized carbons (Fsp3) is 0.174. The minimum Gasteiger partial charge on any atom is -0.388 e. The summed E-state index contributed by atoms with van der Waals surface area (Å²) in [4.78, 5) is 25.7. The Morgan fingerprint density at radius 3 is 1.50 bits per heavy atom. The average Bonchev–Trinajstić information content (AvgIpc) is 3.43. The van der Waals surface area contributed by atoms with E-state index in [4.69, 9.17) is 9.68 Å². The molecule has 4 aromatic rings. The molecule has 0 N–H and O–H groups in total. The van der Waals surface area contributed by atoms with Crippen molar-refractivity contribution >= 4 is 5.78 Å². The van der Waals surface area contributed by atoms with E-state index in [1.807, 2.05) is 0 Å². The second-order valence-corrected chi connectivity index (χ2v) is 7.08. The van der Waals surface area contributed by atoms with Gasteiger partial charge in [0.05, 0.1) is 23.8 Å². The monoisotopic (exact) mass is 438 g/mol. The number of halogens is 2. The molecular weight excluding hydrogens is 418 g/mol. The van der Waals surface area contributed by atoms with Crippen LogP contribution in [0.5, 0.6) is 0 Å². The topological polar surface area (TPSA) is 71.2 Å². The zero-order valence-corrected chi connectivity index (χ0v) is 17.0. The third-order valence-corrected chi connectivity index (χ3v) is 4.66. The van der Waals surface area contributed by atoms with E-state index in [0.29, 0.717) is 12.8 Å². The van der Waals surface area contributed by atoms with Gasteiger partial charge in [0.1, 0.15) is 11.6 Å². The Hall–Kier alpha value is -4.01. The predicted molar refractivity (Wildman–Crippen MR) is 111 cm³/mol. The number of rotatable bonds is 10. The highest BCUT2D eigenvalue weighted by Gasteiger charge is 2.11. The molecule has 0 fully saturated rings. The molecule has 164 valence electrons. The van der Waals surface area contributed by atoms with Gasteiger partial charge in [0.25, 0.3) is 0 Å². The molecule has 0 radical (unpaired) electrons. The van der Waals surface area contributed by atoms with Crippen molar-refractivity contribution in [3.05, 3.63) is 107 Å². The Balaban J connectivity index is 1.28. The number of carbonyl (C=O) groups is 1. The molecule has 0 aliphatic rings. The van der Waals surface area contributed by atoms with Crippen molar-refractivity contribution in [2.24, 2.45) is 0 Å². The second kappa shape index (κ2) is 9.86. The Bertz CT molecular complexity index is 1080. The van der Waals surface area contributed by atoms with E-state index in [2.05, 4.69) is 10.2 Å². The van der Waals surface area contributed by atoms with Crippen molar-refractivity contribution in [2.75, 3.05) is 13.2 Å². The van der Waals surface area contributed by atoms with Crippen LogP contribution in [0, 0.1) is 11.6 Å². The van der Waals surface area contributed by atoms with Crippen molar-refractivity contribution in [3.8, 4) is 0 Å². The van der Waals surface area contributed by atoms with Gasteiger partial charge >= 0.3 is 0 Å². The number of ketones is 1. The number of hydrogen-bond acceptors (Lipinski definition) is 5. The third-order valence-electron chi connectivity index (χ3n) is 4.66. The minimum atomic E-state index is -0.309. The first-order chi connectivity index (χ1) is 15.6. The first kappa shape index (κ1) is 21.2. The highest BCUT2D eigenvalue weighted by Crippen LogP contribution is 2.11. The maximum atomic E-state index is 13.1. The van der Waals surface area contributed by atoms with E-state index in [1.54, 1.807) is 48.8 Å². The van der Waals surface area contributed by atoms with Gasteiger partial charge in [0.15, 0.2) is 13.2 Å². The van der Waals surface area contributed by atoms with Crippen LogP contribution in [0.3, 0.4) is 0 Å². The van der Waals surface area contributed by atoms with Gasteiger partial charge in [-0.25, -0.2) is 8.78 Å². The Kier molecular flexibility index (Phi) is 6.54. The van der Waals surface area contributed by atoms with Gasteiger partial charge in [-0.3, -0.25) is 4.79 Å². The molecule has 32 heavy (non-hydrogen) atoms. The summed E-state index contributed by atoms with van der Waals surface area (Å²) in [5.41, 5.74) is 3.22. The van der Waals surface area contributed by atoms with E-state index in [9.17, 15) is 13.6 Å². The first-order valence-electron chi connectivity index (χ1n) is 9.90. The quantitative estimate of drug-likeness (QED) is 0.381. The number of Topliss-reactive ketones (excluding diaryl/α,β-unsaturated/α-hetero) is 1. The van der Waals surface area contributed by atoms with E-state index in [-0.39, 0.29) is 30.6 Å².